The molecule has 0 N–H and O–H groups in total. The van der Waals surface area contributed by atoms with Gasteiger partial charge in [0.15, 0.2) is 0 Å². The Kier molecular flexibility index (Phi) is 1.15. The lowest BCUT2D eigenvalue weighted by Gasteiger charge is -2.06. The third-order valence-electron chi connectivity index (χ3n) is 0.887. The molecule has 0 fully saturated rings. The number of hydrogen-bond acceptors (Lipinski definition) is 3. The van der Waals surface area contributed by atoms with Crippen molar-refractivity contribution < 1.29 is 4.79 Å². The molecule has 4 nitrogen and oxygen atoms in total. The number of rotatable bonds is 1. The molecular formula is C4H7N3O. The molecule has 1 heterocycles. The van der Waals surface area contributed by atoms with Gasteiger partial charge in [0.25, 0.3) is 0 Å². The van der Waals surface area contributed by atoms with Crippen LogP contribution in [-0.4, -0.2) is 36.4 Å². The largest absolute Gasteiger partial charge is 0.345 e. The molecule has 4 heteroatoms. The number of hydrogen-bond donors (Lipinski definition) is 0. The van der Waals surface area contributed by atoms with Crippen molar-refractivity contribution in [2.75, 3.05) is 13.7 Å². The molecule has 0 atom stereocenters. The smallest absolute Gasteiger partial charge is 0.231 e. The first-order valence-electron chi connectivity index (χ1n) is 2.29. The van der Waals surface area contributed by atoms with Gasteiger partial charge in [0, 0.05) is 7.05 Å². The van der Waals surface area contributed by atoms with Crippen molar-refractivity contribution in [3.05, 3.63) is 0 Å². The summed E-state index contributed by atoms with van der Waals surface area (Å²) in [6.07, 6.45) is 2.30. The number of amides is 1. The van der Waals surface area contributed by atoms with Crippen molar-refractivity contribution in [2.24, 2.45) is 5.10 Å². The van der Waals surface area contributed by atoms with E-state index in [2.05, 4.69) is 5.10 Å². The average Bonchev–Trinajstić information content (AvgIpc) is 2.14. The molecular weight excluding hydrogens is 106 g/mol. The molecule has 0 aromatic heterocycles. The number of hydrazone groups is 1. The monoisotopic (exact) mass is 113 g/mol. The first-order valence-corrected chi connectivity index (χ1v) is 2.29. The number of nitrogens with zero attached hydrogens (tertiary/aromatic N) is 3. The topological polar surface area (TPSA) is 35.9 Å². The summed E-state index contributed by atoms with van der Waals surface area (Å²) < 4.78 is 0. The highest BCUT2D eigenvalue weighted by Gasteiger charge is 2.06. The van der Waals surface area contributed by atoms with E-state index in [0.29, 0.717) is 13.1 Å². The minimum atomic E-state index is 0.573. The van der Waals surface area contributed by atoms with Crippen LogP contribution in [0.25, 0.3) is 0 Å². The highest BCUT2D eigenvalue weighted by atomic mass is 16.1. The Bertz CT molecular complexity index is 122. The molecule has 8 heavy (non-hydrogen) atoms. The van der Waals surface area contributed by atoms with Crippen LogP contribution in [0.4, 0.5) is 0 Å². The van der Waals surface area contributed by atoms with Gasteiger partial charge in [-0.3, -0.25) is 4.79 Å². The molecule has 0 spiro atoms. The lowest BCUT2D eigenvalue weighted by atomic mass is 10.9. The van der Waals surface area contributed by atoms with Gasteiger partial charge in [-0.25, -0.2) is 5.01 Å². The van der Waals surface area contributed by atoms with Crippen LogP contribution < -0.4 is 0 Å². The highest BCUT2D eigenvalue weighted by molar-refractivity contribution is 5.60. The summed E-state index contributed by atoms with van der Waals surface area (Å²) in [5, 5.41) is 5.02. The standard InChI is InChI=1S/C4H7N3O/c1-6-2-5-7(3-6)4-8/h2,4H,3H2,1H3. The SMILES string of the molecule is CN1C=NN(C=O)C1. The van der Waals surface area contributed by atoms with E-state index >= 15 is 0 Å². The van der Waals surface area contributed by atoms with Crippen LogP contribution in [0.1, 0.15) is 0 Å². The van der Waals surface area contributed by atoms with Crippen molar-refractivity contribution in [3.8, 4) is 0 Å². The summed E-state index contributed by atoms with van der Waals surface area (Å²) in [4.78, 5) is 11.8. The van der Waals surface area contributed by atoms with E-state index in [0.717, 1.165) is 0 Å². The predicted molar refractivity (Wildman–Crippen MR) is 29.0 cm³/mol. The van der Waals surface area contributed by atoms with Crippen LogP contribution in [0.5, 0.6) is 0 Å². The van der Waals surface area contributed by atoms with Crippen LogP contribution in [0.15, 0.2) is 5.10 Å². The average molecular weight is 113 g/mol. The van der Waals surface area contributed by atoms with Crippen LogP contribution in [0.3, 0.4) is 0 Å². The lowest BCUT2D eigenvalue weighted by molar-refractivity contribution is -0.118. The second-order valence-electron chi connectivity index (χ2n) is 1.67. The number of carbonyl (C=O) groups is 1. The molecule has 0 saturated carbocycles. The molecule has 0 aromatic carbocycles. The predicted octanol–water partition coefficient (Wildman–Crippen LogP) is -0.709. The maximum absolute atomic E-state index is 9.94. The zero-order valence-electron chi connectivity index (χ0n) is 4.61. The van der Waals surface area contributed by atoms with Gasteiger partial charge in [-0.15, -0.1) is 0 Å². The Morgan fingerprint density at radius 3 is 2.88 bits per heavy atom. The van der Waals surface area contributed by atoms with Gasteiger partial charge in [-0.1, -0.05) is 0 Å². The summed E-state index contributed by atoms with van der Waals surface area (Å²) >= 11 is 0. The zero-order chi connectivity index (χ0) is 5.98. The van der Waals surface area contributed by atoms with E-state index in [4.69, 9.17) is 0 Å². The van der Waals surface area contributed by atoms with Gasteiger partial charge in [0.1, 0.15) is 13.0 Å². The minimum absolute atomic E-state index is 0.573. The Balaban J connectivity index is 2.45. The normalized spacial score (nSPS) is 17.6. The second kappa shape index (κ2) is 1.81. The Hall–Kier alpha value is -1.06. The summed E-state index contributed by atoms with van der Waals surface area (Å²) in [5.74, 6) is 0. The molecule has 1 amide bonds. The summed E-state index contributed by atoms with van der Waals surface area (Å²) in [5.41, 5.74) is 0. The van der Waals surface area contributed by atoms with Crippen LogP contribution in [-0.2, 0) is 4.79 Å². The van der Waals surface area contributed by atoms with Crippen molar-refractivity contribution in [1.29, 1.82) is 0 Å². The molecule has 0 aromatic rings. The maximum Gasteiger partial charge on any atom is 0.231 e. The summed E-state index contributed by atoms with van der Waals surface area (Å²) in [6, 6.07) is 0. The van der Waals surface area contributed by atoms with Crippen LogP contribution >= 0.6 is 0 Å². The summed E-state index contributed by atoms with van der Waals surface area (Å²) in [7, 11) is 1.85. The summed E-state index contributed by atoms with van der Waals surface area (Å²) in [6.45, 7) is 0.573. The van der Waals surface area contributed by atoms with E-state index < -0.39 is 0 Å². The fourth-order valence-electron chi connectivity index (χ4n) is 0.517. The van der Waals surface area contributed by atoms with Gasteiger partial charge in [0.05, 0.1) is 0 Å². The molecule has 0 bridgehead atoms. The molecule has 0 unspecified atom stereocenters. The quantitative estimate of drug-likeness (QED) is 0.421. The zero-order valence-corrected chi connectivity index (χ0v) is 4.61. The third-order valence-corrected chi connectivity index (χ3v) is 0.887. The minimum Gasteiger partial charge on any atom is -0.345 e. The molecule has 1 aliphatic rings. The van der Waals surface area contributed by atoms with Gasteiger partial charge in [0.2, 0.25) is 6.41 Å². The van der Waals surface area contributed by atoms with Crippen LogP contribution in [0, 0.1) is 0 Å². The highest BCUT2D eigenvalue weighted by Crippen LogP contribution is 1.93. The number of carbonyl (C=O) groups excluding carboxylic acids is 1. The molecule has 0 radical (unpaired) electrons. The van der Waals surface area contributed by atoms with Crippen molar-refractivity contribution in [1.82, 2.24) is 9.91 Å². The Labute approximate surface area is 47.4 Å². The van der Waals surface area contributed by atoms with E-state index in [-0.39, 0.29) is 0 Å². The Morgan fingerprint density at radius 2 is 2.62 bits per heavy atom. The molecule has 1 rings (SSSR count). The first kappa shape index (κ1) is 5.08. The molecule has 0 saturated heterocycles. The first-order chi connectivity index (χ1) is 3.83. The third kappa shape index (κ3) is 0.776. The van der Waals surface area contributed by atoms with E-state index in [9.17, 15) is 4.79 Å². The van der Waals surface area contributed by atoms with E-state index in [1.807, 2.05) is 11.9 Å². The van der Waals surface area contributed by atoms with Gasteiger partial charge < -0.3 is 4.90 Å². The molecule has 1 aliphatic heterocycles. The van der Waals surface area contributed by atoms with E-state index in [1.165, 1.54) is 5.01 Å². The van der Waals surface area contributed by atoms with Crippen LogP contribution in [0.2, 0.25) is 0 Å². The van der Waals surface area contributed by atoms with Crippen molar-refractivity contribution >= 4 is 12.7 Å². The molecule has 0 aliphatic carbocycles. The van der Waals surface area contributed by atoms with Crippen molar-refractivity contribution in [3.63, 3.8) is 0 Å². The lowest BCUT2D eigenvalue weighted by Crippen LogP contribution is -2.21. The Morgan fingerprint density at radius 1 is 1.88 bits per heavy atom. The molecule has 44 valence electrons. The van der Waals surface area contributed by atoms with E-state index in [1.54, 1.807) is 6.34 Å². The fraction of sp³-hybridized carbons (Fsp3) is 0.500. The van der Waals surface area contributed by atoms with Crippen molar-refractivity contribution in [2.45, 2.75) is 0 Å². The van der Waals surface area contributed by atoms with Gasteiger partial charge in [-0.2, -0.15) is 5.10 Å². The second-order valence-corrected chi connectivity index (χ2v) is 1.67. The van der Waals surface area contributed by atoms with Gasteiger partial charge >= 0.3 is 0 Å². The maximum atomic E-state index is 9.94. The fourth-order valence-corrected chi connectivity index (χ4v) is 0.517. The van der Waals surface area contributed by atoms with Gasteiger partial charge in [-0.05, 0) is 0 Å².